The number of rotatable bonds is 3. The molecule has 18 heavy (non-hydrogen) atoms. The fourth-order valence-corrected chi connectivity index (χ4v) is 2.51. The average molecular weight is 326 g/mol. The second kappa shape index (κ2) is 5.83. The summed E-state index contributed by atoms with van der Waals surface area (Å²) in [5, 5.41) is 0.674. The second-order valence-corrected chi connectivity index (χ2v) is 5.44. The summed E-state index contributed by atoms with van der Waals surface area (Å²) in [6.07, 6.45) is 1.78. The molecule has 0 radical (unpaired) electrons. The summed E-state index contributed by atoms with van der Waals surface area (Å²) in [6, 6.07) is 11.5. The van der Waals surface area contributed by atoms with Crippen LogP contribution in [0.25, 0.3) is 0 Å². The summed E-state index contributed by atoms with van der Waals surface area (Å²) >= 11 is 9.69. The van der Waals surface area contributed by atoms with E-state index in [0.29, 0.717) is 5.02 Å². The fourth-order valence-electron chi connectivity index (χ4n) is 1.88. The summed E-state index contributed by atoms with van der Waals surface area (Å²) in [5.41, 5.74) is 8.20. The fraction of sp³-hybridized carbons (Fsp3) is 0.214. The van der Waals surface area contributed by atoms with E-state index in [9.17, 15) is 0 Å². The largest absolute Gasteiger partial charge is 0.323 e. The molecule has 0 spiro atoms. The van der Waals surface area contributed by atoms with Crippen molar-refractivity contribution >= 4 is 27.5 Å². The van der Waals surface area contributed by atoms with E-state index in [1.54, 1.807) is 6.20 Å². The molecule has 2 unspecified atom stereocenters. The summed E-state index contributed by atoms with van der Waals surface area (Å²) in [6.45, 7) is 2.06. The summed E-state index contributed by atoms with van der Waals surface area (Å²) in [4.78, 5) is 4.34. The van der Waals surface area contributed by atoms with Crippen LogP contribution in [0.4, 0.5) is 0 Å². The summed E-state index contributed by atoms with van der Waals surface area (Å²) in [5.74, 6) is 0.109. The zero-order chi connectivity index (χ0) is 13.1. The van der Waals surface area contributed by atoms with Gasteiger partial charge < -0.3 is 5.73 Å². The van der Waals surface area contributed by atoms with Crippen molar-refractivity contribution in [3.63, 3.8) is 0 Å². The third kappa shape index (κ3) is 2.74. The quantitative estimate of drug-likeness (QED) is 0.913. The van der Waals surface area contributed by atoms with Crippen LogP contribution in [0, 0.1) is 0 Å². The average Bonchev–Trinajstić information content (AvgIpc) is 2.41. The molecule has 2 nitrogen and oxygen atoms in total. The molecule has 4 heteroatoms. The zero-order valence-corrected chi connectivity index (χ0v) is 12.3. The standard InChI is InChI=1S/C14H14BrClN2/c1-9(12-7-2-3-8-18-12)14(17)10-5-4-6-11(15)13(10)16/h2-9,14H,17H2,1H3. The number of benzene rings is 1. The molecule has 0 aliphatic rings. The Morgan fingerprint density at radius 1 is 1.22 bits per heavy atom. The molecule has 0 amide bonds. The third-order valence-electron chi connectivity index (χ3n) is 3.03. The van der Waals surface area contributed by atoms with E-state index in [0.717, 1.165) is 15.7 Å². The van der Waals surface area contributed by atoms with Gasteiger partial charge >= 0.3 is 0 Å². The van der Waals surface area contributed by atoms with Crippen molar-refractivity contribution in [2.24, 2.45) is 5.73 Å². The Morgan fingerprint density at radius 3 is 2.67 bits per heavy atom. The molecule has 0 bridgehead atoms. The SMILES string of the molecule is CC(c1ccccn1)C(N)c1cccc(Br)c1Cl. The molecule has 94 valence electrons. The minimum Gasteiger partial charge on any atom is -0.323 e. The van der Waals surface area contributed by atoms with Crippen molar-refractivity contribution in [2.75, 3.05) is 0 Å². The van der Waals surface area contributed by atoms with Gasteiger partial charge in [-0.05, 0) is 39.7 Å². The molecule has 1 aromatic heterocycles. The third-order valence-corrected chi connectivity index (χ3v) is 4.34. The first-order valence-electron chi connectivity index (χ1n) is 5.71. The molecule has 2 aromatic rings. The maximum atomic E-state index is 6.29. The first-order chi connectivity index (χ1) is 8.61. The predicted molar refractivity (Wildman–Crippen MR) is 78.7 cm³/mol. The topological polar surface area (TPSA) is 38.9 Å². The predicted octanol–water partition coefficient (Wildman–Crippen LogP) is 4.30. The highest BCUT2D eigenvalue weighted by atomic mass is 79.9. The highest BCUT2D eigenvalue weighted by molar-refractivity contribution is 9.10. The van der Waals surface area contributed by atoms with E-state index >= 15 is 0 Å². The van der Waals surface area contributed by atoms with E-state index in [4.69, 9.17) is 17.3 Å². The first kappa shape index (κ1) is 13.5. The van der Waals surface area contributed by atoms with Crippen molar-refractivity contribution in [3.8, 4) is 0 Å². The molecule has 0 aliphatic carbocycles. The number of hydrogen-bond donors (Lipinski definition) is 1. The molecule has 0 saturated heterocycles. The number of hydrogen-bond acceptors (Lipinski definition) is 2. The Hall–Kier alpha value is -0.900. The Kier molecular flexibility index (Phi) is 4.38. The van der Waals surface area contributed by atoms with Gasteiger partial charge in [0.1, 0.15) is 0 Å². The van der Waals surface area contributed by atoms with Crippen molar-refractivity contribution in [3.05, 3.63) is 63.3 Å². The Bertz CT molecular complexity index is 531. The van der Waals surface area contributed by atoms with Crippen LogP contribution < -0.4 is 5.73 Å². The monoisotopic (exact) mass is 324 g/mol. The molecule has 1 heterocycles. The molecule has 2 N–H and O–H groups in total. The van der Waals surface area contributed by atoms with Gasteiger partial charge in [-0.2, -0.15) is 0 Å². The van der Waals surface area contributed by atoms with Crippen molar-refractivity contribution in [2.45, 2.75) is 18.9 Å². The molecule has 0 saturated carbocycles. The lowest BCUT2D eigenvalue weighted by Crippen LogP contribution is -2.19. The minimum atomic E-state index is -0.176. The van der Waals surface area contributed by atoms with Gasteiger partial charge in [0.25, 0.3) is 0 Å². The smallest absolute Gasteiger partial charge is 0.0596 e. The van der Waals surface area contributed by atoms with Gasteiger partial charge in [-0.3, -0.25) is 4.98 Å². The first-order valence-corrected chi connectivity index (χ1v) is 6.88. The van der Waals surface area contributed by atoms with Gasteiger partial charge in [0.2, 0.25) is 0 Å². The summed E-state index contributed by atoms with van der Waals surface area (Å²) < 4.78 is 0.866. The van der Waals surface area contributed by atoms with Crippen LogP contribution in [0.2, 0.25) is 5.02 Å². The van der Waals surface area contributed by atoms with Gasteiger partial charge in [-0.25, -0.2) is 0 Å². The van der Waals surface area contributed by atoms with Crippen LogP contribution in [0.3, 0.4) is 0 Å². The molecule has 1 aromatic carbocycles. The highest BCUT2D eigenvalue weighted by Crippen LogP contribution is 2.35. The van der Waals surface area contributed by atoms with Crippen LogP contribution in [0.1, 0.15) is 30.1 Å². The van der Waals surface area contributed by atoms with E-state index in [1.165, 1.54) is 0 Å². The van der Waals surface area contributed by atoms with Gasteiger partial charge in [0, 0.05) is 28.3 Å². The minimum absolute atomic E-state index is 0.109. The van der Waals surface area contributed by atoms with Gasteiger partial charge in [-0.15, -0.1) is 0 Å². The van der Waals surface area contributed by atoms with E-state index in [1.807, 2.05) is 36.4 Å². The second-order valence-electron chi connectivity index (χ2n) is 4.21. The number of nitrogens with zero attached hydrogens (tertiary/aromatic N) is 1. The van der Waals surface area contributed by atoms with Crippen LogP contribution in [-0.4, -0.2) is 4.98 Å². The summed E-state index contributed by atoms with van der Waals surface area (Å²) in [7, 11) is 0. The number of aromatic nitrogens is 1. The lowest BCUT2D eigenvalue weighted by molar-refractivity contribution is 0.584. The maximum absolute atomic E-state index is 6.29. The normalized spacial score (nSPS) is 14.2. The van der Waals surface area contributed by atoms with E-state index < -0.39 is 0 Å². The number of halogens is 2. The maximum Gasteiger partial charge on any atom is 0.0596 e. The number of nitrogens with two attached hydrogens (primary N) is 1. The van der Waals surface area contributed by atoms with E-state index in [-0.39, 0.29) is 12.0 Å². The highest BCUT2D eigenvalue weighted by Gasteiger charge is 2.20. The van der Waals surface area contributed by atoms with Crippen molar-refractivity contribution < 1.29 is 0 Å². The van der Waals surface area contributed by atoms with Gasteiger partial charge in [-0.1, -0.05) is 36.7 Å². The van der Waals surface area contributed by atoms with E-state index in [2.05, 4.69) is 27.8 Å². The molecule has 2 atom stereocenters. The van der Waals surface area contributed by atoms with Crippen molar-refractivity contribution in [1.29, 1.82) is 0 Å². The zero-order valence-electron chi connectivity index (χ0n) is 9.98. The van der Waals surface area contributed by atoms with Crippen LogP contribution in [0.5, 0.6) is 0 Å². The Morgan fingerprint density at radius 2 is 2.00 bits per heavy atom. The lowest BCUT2D eigenvalue weighted by atomic mass is 9.92. The van der Waals surface area contributed by atoms with Crippen LogP contribution >= 0.6 is 27.5 Å². The number of pyridine rings is 1. The van der Waals surface area contributed by atoms with Gasteiger partial charge in [0.15, 0.2) is 0 Å². The lowest BCUT2D eigenvalue weighted by Gasteiger charge is -2.21. The molecular weight excluding hydrogens is 312 g/mol. The van der Waals surface area contributed by atoms with Gasteiger partial charge in [0.05, 0.1) is 5.02 Å². The Balaban J connectivity index is 2.31. The van der Waals surface area contributed by atoms with Crippen molar-refractivity contribution in [1.82, 2.24) is 4.98 Å². The molecule has 2 rings (SSSR count). The Labute approximate surface area is 120 Å². The molecular formula is C14H14BrClN2. The molecule has 0 fully saturated rings. The molecule has 0 aliphatic heterocycles. The van der Waals surface area contributed by atoms with Crippen LogP contribution in [0.15, 0.2) is 47.1 Å². The van der Waals surface area contributed by atoms with Crippen LogP contribution in [-0.2, 0) is 0 Å².